The summed E-state index contributed by atoms with van der Waals surface area (Å²) in [6, 6.07) is 9.05. The summed E-state index contributed by atoms with van der Waals surface area (Å²) >= 11 is 0. The third-order valence-electron chi connectivity index (χ3n) is 2.79. The predicted molar refractivity (Wildman–Crippen MR) is 67.7 cm³/mol. The predicted octanol–water partition coefficient (Wildman–Crippen LogP) is 2.25. The highest BCUT2D eigenvalue weighted by atomic mass is 16.3. The van der Waals surface area contributed by atoms with Crippen LogP contribution in [0.4, 0.5) is 0 Å². The van der Waals surface area contributed by atoms with Crippen LogP contribution in [0.15, 0.2) is 36.7 Å². The summed E-state index contributed by atoms with van der Waals surface area (Å²) in [7, 11) is 0. The van der Waals surface area contributed by atoms with Gasteiger partial charge in [0, 0.05) is 18.9 Å². The van der Waals surface area contributed by atoms with Crippen molar-refractivity contribution >= 4 is 0 Å². The van der Waals surface area contributed by atoms with Crippen molar-refractivity contribution in [2.75, 3.05) is 0 Å². The molecule has 0 amide bonds. The monoisotopic (exact) mass is 241 g/mol. The van der Waals surface area contributed by atoms with Crippen LogP contribution in [0, 0.1) is 11.3 Å². The lowest BCUT2D eigenvalue weighted by Crippen LogP contribution is -2.09. The summed E-state index contributed by atoms with van der Waals surface area (Å²) < 4.78 is 1.93. The van der Waals surface area contributed by atoms with Crippen molar-refractivity contribution in [3.05, 3.63) is 53.6 Å². The molecule has 0 saturated carbocycles. The average molecular weight is 241 g/mol. The fourth-order valence-corrected chi connectivity index (χ4v) is 1.93. The smallest absolute Gasteiger partial charge is 0.142 e. The number of hydrogen-bond acceptors (Lipinski definition) is 3. The Bertz CT molecular complexity index is 568. The first kappa shape index (κ1) is 12.3. The number of nitrogens with zero attached hydrogens (tertiary/aromatic N) is 3. The maximum Gasteiger partial charge on any atom is 0.142 e. The molecule has 0 saturated heterocycles. The summed E-state index contributed by atoms with van der Waals surface area (Å²) in [6.45, 7) is 2.90. The molecule has 0 spiro atoms. The van der Waals surface area contributed by atoms with Gasteiger partial charge in [-0.1, -0.05) is 19.1 Å². The van der Waals surface area contributed by atoms with Crippen molar-refractivity contribution in [3.8, 4) is 6.07 Å². The molecule has 4 nitrogen and oxygen atoms in total. The Morgan fingerprint density at radius 1 is 1.50 bits per heavy atom. The van der Waals surface area contributed by atoms with Crippen molar-refractivity contribution in [2.24, 2.45) is 0 Å². The van der Waals surface area contributed by atoms with Crippen LogP contribution < -0.4 is 0 Å². The first-order valence-electron chi connectivity index (χ1n) is 5.95. The van der Waals surface area contributed by atoms with Crippen LogP contribution in [-0.4, -0.2) is 14.7 Å². The third kappa shape index (κ3) is 2.41. The number of imidazole rings is 1. The van der Waals surface area contributed by atoms with Gasteiger partial charge in [0.2, 0.25) is 0 Å². The quantitative estimate of drug-likeness (QED) is 0.893. The minimum Gasteiger partial charge on any atom is -0.380 e. The Labute approximate surface area is 106 Å². The molecule has 0 aliphatic carbocycles. The van der Waals surface area contributed by atoms with Gasteiger partial charge < -0.3 is 9.67 Å². The number of aliphatic hydroxyl groups excluding tert-OH is 1. The van der Waals surface area contributed by atoms with E-state index in [2.05, 4.69) is 18.0 Å². The van der Waals surface area contributed by atoms with E-state index in [0.29, 0.717) is 17.0 Å². The van der Waals surface area contributed by atoms with E-state index >= 15 is 0 Å². The molecule has 0 aliphatic heterocycles. The second kappa shape index (κ2) is 5.48. The van der Waals surface area contributed by atoms with Crippen molar-refractivity contribution < 1.29 is 5.11 Å². The zero-order valence-corrected chi connectivity index (χ0v) is 10.2. The van der Waals surface area contributed by atoms with E-state index in [9.17, 15) is 5.11 Å². The molecule has 0 radical (unpaired) electrons. The molecule has 1 aromatic heterocycles. The molecule has 1 atom stereocenters. The minimum absolute atomic E-state index is 0.542. The van der Waals surface area contributed by atoms with Gasteiger partial charge in [0.05, 0.1) is 11.6 Å². The van der Waals surface area contributed by atoms with Gasteiger partial charge >= 0.3 is 0 Å². The Balaban J connectivity index is 2.32. The van der Waals surface area contributed by atoms with Crippen LogP contribution in [0.1, 0.15) is 36.4 Å². The zero-order chi connectivity index (χ0) is 13.0. The van der Waals surface area contributed by atoms with Gasteiger partial charge in [0.15, 0.2) is 0 Å². The first-order chi connectivity index (χ1) is 8.76. The SMILES string of the molecule is CCCn1ccnc1C(O)c1cccc(C#N)c1. The van der Waals surface area contributed by atoms with E-state index < -0.39 is 6.10 Å². The van der Waals surface area contributed by atoms with Crippen LogP contribution in [0.2, 0.25) is 0 Å². The van der Waals surface area contributed by atoms with Crippen LogP contribution >= 0.6 is 0 Å². The van der Waals surface area contributed by atoms with Crippen LogP contribution in [0.5, 0.6) is 0 Å². The van der Waals surface area contributed by atoms with Gasteiger partial charge in [0.25, 0.3) is 0 Å². The maximum atomic E-state index is 10.3. The molecular weight excluding hydrogens is 226 g/mol. The van der Waals surface area contributed by atoms with Crippen LogP contribution in [0.25, 0.3) is 0 Å². The second-order valence-corrected chi connectivity index (χ2v) is 4.12. The fraction of sp³-hybridized carbons (Fsp3) is 0.286. The first-order valence-corrected chi connectivity index (χ1v) is 5.95. The minimum atomic E-state index is -0.792. The molecular formula is C14H15N3O. The van der Waals surface area contributed by atoms with Crippen molar-refractivity contribution in [1.82, 2.24) is 9.55 Å². The molecule has 1 unspecified atom stereocenters. The van der Waals surface area contributed by atoms with E-state index in [1.54, 1.807) is 30.5 Å². The van der Waals surface area contributed by atoms with E-state index in [1.807, 2.05) is 10.8 Å². The molecule has 1 N–H and O–H groups in total. The van der Waals surface area contributed by atoms with Gasteiger partial charge in [-0.15, -0.1) is 0 Å². The number of aryl methyl sites for hydroxylation is 1. The lowest BCUT2D eigenvalue weighted by molar-refractivity contribution is 0.204. The van der Waals surface area contributed by atoms with Gasteiger partial charge in [-0.05, 0) is 24.1 Å². The van der Waals surface area contributed by atoms with Gasteiger partial charge in [-0.3, -0.25) is 0 Å². The number of nitriles is 1. The number of hydrogen-bond donors (Lipinski definition) is 1. The highest BCUT2D eigenvalue weighted by Crippen LogP contribution is 2.21. The highest BCUT2D eigenvalue weighted by Gasteiger charge is 2.16. The largest absolute Gasteiger partial charge is 0.380 e. The molecule has 92 valence electrons. The van der Waals surface area contributed by atoms with Crippen LogP contribution in [-0.2, 0) is 6.54 Å². The Hall–Kier alpha value is -2.12. The lowest BCUT2D eigenvalue weighted by atomic mass is 10.1. The van der Waals surface area contributed by atoms with E-state index in [4.69, 9.17) is 5.26 Å². The van der Waals surface area contributed by atoms with Crippen molar-refractivity contribution in [3.63, 3.8) is 0 Å². The second-order valence-electron chi connectivity index (χ2n) is 4.12. The summed E-state index contributed by atoms with van der Waals surface area (Å²) in [5.41, 5.74) is 1.23. The molecule has 0 aliphatic rings. The summed E-state index contributed by atoms with van der Waals surface area (Å²) in [5.74, 6) is 0.618. The highest BCUT2D eigenvalue weighted by molar-refractivity contribution is 5.35. The summed E-state index contributed by atoms with van der Waals surface area (Å²) in [6.07, 6.45) is 3.73. The molecule has 18 heavy (non-hydrogen) atoms. The van der Waals surface area contributed by atoms with E-state index in [0.717, 1.165) is 13.0 Å². The fourth-order valence-electron chi connectivity index (χ4n) is 1.93. The van der Waals surface area contributed by atoms with Crippen molar-refractivity contribution in [2.45, 2.75) is 26.0 Å². The zero-order valence-electron chi connectivity index (χ0n) is 10.2. The maximum absolute atomic E-state index is 10.3. The Morgan fingerprint density at radius 2 is 2.33 bits per heavy atom. The van der Waals surface area contributed by atoms with Crippen molar-refractivity contribution in [1.29, 1.82) is 5.26 Å². The molecule has 4 heteroatoms. The molecule has 0 bridgehead atoms. The standard InChI is InChI=1S/C14H15N3O/c1-2-7-17-8-6-16-14(17)13(18)12-5-3-4-11(9-12)10-15/h3-6,8-9,13,18H,2,7H2,1H3. The molecule has 1 aromatic carbocycles. The molecule has 2 aromatic rings. The normalized spacial score (nSPS) is 12.1. The number of aromatic nitrogens is 2. The lowest BCUT2D eigenvalue weighted by Gasteiger charge is -2.13. The average Bonchev–Trinajstić information content (AvgIpc) is 2.86. The number of aliphatic hydroxyl groups is 1. The molecule has 0 fully saturated rings. The van der Waals surface area contributed by atoms with Gasteiger partial charge in [-0.25, -0.2) is 4.98 Å². The van der Waals surface area contributed by atoms with Gasteiger partial charge in [0.1, 0.15) is 11.9 Å². The third-order valence-corrected chi connectivity index (χ3v) is 2.79. The van der Waals surface area contributed by atoms with Gasteiger partial charge in [-0.2, -0.15) is 5.26 Å². The summed E-state index contributed by atoms with van der Waals surface area (Å²) in [4.78, 5) is 4.20. The molecule has 1 heterocycles. The number of benzene rings is 1. The Morgan fingerprint density at radius 3 is 3.06 bits per heavy atom. The van der Waals surface area contributed by atoms with Crippen LogP contribution in [0.3, 0.4) is 0 Å². The summed E-state index contributed by atoms with van der Waals surface area (Å²) in [5, 5.41) is 19.2. The van der Waals surface area contributed by atoms with E-state index in [-0.39, 0.29) is 0 Å². The number of rotatable bonds is 4. The topological polar surface area (TPSA) is 61.8 Å². The van der Waals surface area contributed by atoms with E-state index in [1.165, 1.54) is 0 Å². The molecule has 2 rings (SSSR count). The Kier molecular flexibility index (Phi) is 3.75.